The average Bonchev–Trinajstić information content (AvgIpc) is 2.81. The lowest BCUT2D eigenvalue weighted by Gasteiger charge is -2.38. The molecule has 2 heterocycles. The molecule has 3 aromatic rings. The van der Waals surface area contributed by atoms with Crippen LogP contribution in [0.25, 0.3) is 0 Å². The van der Waals surface area contributed by atoms with Gasteiger partial charge in [0.05, 0.1) is 0 Å². The largest absolute Gasteiger partial charge is 0.338 e. The number of hydrogen-bond acceptors (Lipinski definition) is 6. The zero-order chi connectivity index (χ0) is 21.6. The third-order valence-electron chi connectivity index (χ3n) is 5.41. The molecule has 1 saturated heterocycles. The summed E-state index contributed by atoms with van der Waals surface area (Å²) >= 11 is 0. The molecule has 1 aliphatic rings. The Labute approximate surface area is 181 Å². The fourth-order valence-corrected chi connectivity index (χ4v) is 3.82. The van der Waals surface area contributed by atoms with E-state index in [1.807, 2.05) is 30.3 Å². The van der Waals surface area contributed by atoms with Crippen LogP contribution in [-0.4, -0.2) is 52.7 Å². The summed E-state index contributed by atoms with van der Waals surface area (Å²) in [6, 6.07) is 18.2. The third-order valence-corrected chi connectivity index (χ3v) is 5.41. The summed E-state index contributed by atoms with van der Waals surface area (Å²) in [6.07, 6.45) is 3.48. The summed E-state index contributed by atoms with van der Waals surface area (Å²) in [5.41, 5.74) is 2.13. The molecule has 1 unspecified atom stereocenters. The molecule has 0 saturated carbocycles. The number of aromatic nitrogens is 2. The number of amides is 1. The van der Waals surface area contributed by atoms with Crippen LogP contribution in [0.2, 0.25) is 0 Å². The van der Waals surface area contributed by atoms with Gasteiger partial charge in [0, 0.05) is 49.8 Å². The molecule has 158 valence electrons. The fraction of sp³-hybridized carbons (Fsp3) is 0.250. The summed E-state index contributed by atoms with van der Waals surface area (Å²) in [5.74, 6) is 0.565. The molecule has 4 rings (SSSR count). The van der Waals surface area contributed by atoms with Crippen molar-refractivity contribution in [2.24, 2.45) is 0 Å². The molecule has 7 nitrogen and oxygen atoms in total. The van der Waals surface area contributed by atoms with E-state index in [0.29, 0.717) is 30.3 Å². The maximum Gasteiger partial charge on any atom is 0.246 e. The number of benzene rings is 2. The van der Waals surface area contributed by atoms with Crippen molar-refractivity contribution in [2.75, 3.05) is 36.4 Å². The van der Waals surface area contributed by atoms with E-state index < -0.39 is 6.04 Å². The number of carbonyl (C=O) groups excluding carboxylic acids is 2. The number of anilines is 2. The first-order valence-corrected chi connectivity index (χ1v) is 10.3. The van der Waals surface area contributed by atoms with Crippen LogP contribution < -0.4 is 10.2 Å². The molecular formula is C24H25N5O2. The van der Waals surface area contributed by atoms with Gasteiger partial charge in [0.25, 0.3) is 0 Å². The molecule has 1 aromatic heterocycles. The predicted octanol–water partition coefficient (Wildman–Crippen LogP) is 3.18. The van der Waals surface area contributed by atoms with Crippen molar-refractivity contribution in [3.8, 4) is 0 Å². The zero-order valence-electron chi connectivity index (χ0n) is 17.4. The second-order valence-electron chi connectivity index (χ2n) is 7.51. The molecule has 1 N–H and O–H groups in total. The highest BCUT2D eigenvalue weighted by molar-refractivity contribution is 5.98. The Kier molecular flexibility index (Phi) is 6.33. The van der Waals surface area contributed by atoms with Gasteiger partial charge in [0.1, 0.15) is 6.04 Å². The normalized spacial score (nSPS) is 15.3. The average molecular weight is 415 g/mol. The Bertz CT molecular complexity index is 1030. The van der Waals surface area contributed by atoms with Gasteiger partial charge < -0.3 is 10.2 Å². The smallest absolute Gasteiger partial charge is 0.246 e. The van der Waals surface area contributed by atoms with Gasteiger partial charge in [-0.2, -0.15) is 0 Å². The van der Waals surface area contributed by atoms with Gasteiger partial charge in [-0.3, -0.25) is 14.5 Å². The Hall–Kier alpha value is -3.58. The van der Waals surface area contributed by atoms with Crippen LogP contribution in [-0.2, 0) is 4.79 Å². The van der Waals surface area contributed by atoms with Crippen molar-refractivity contribution in [1.29, 1.82) is 0 Å². The molecule has 31 heavy (non-hydrogen) atoms. The molecule has 1 aliphatic heterocycles. The number of piperazine rings is 1. The van der Waals surface area contributed by atoms with Crippen LogP contribution >= 0.6 is 0 Å². The van der Waals surface area contributed by atoms with Gasteiger partial charge in [-0.1, -0.05) is 42.5 Å². The van der Waals surface area contributed by atoms with Gasteiger partial charge in [-0.25, -0.2) is 9.97 Å². The first kappa shape index (κ1) is 20.7. The fourth-order valence-electron chi connectivity index (χ4n) is 3.82. The summed E-state index contributed by atoms with van der Waals surface area (Å²) in [5, 5.41) is 3.00. The maximum atomic E-state index is 13.4. The summed E-state index contributed by atoms with van der Waals surface area (Å²) in [4.78, 5) is 38.0. The lowest BCUT2D eigenvalue weighted by atomic mass is 10.0. The van der Waals surface area contributed by atoms with Crippen LogP contribution in [0.15, 0.2) is 73.1 Å². The van der Waals surface area contributed by atoms with Crippen LogP contribution in [0.3, 0.4) is 0 Å². The number of hydrogen-bond donors (Lipinski definition) is 1. The van der Waals surface area contributed by atoms with Gasteiger partial charge in [-0.15, -0.1) is 0 Å². The van der Waals surface area contributed by atoms with Crippen molar-refractivity contribution in [2.45, 2.75) is 13.0 Å². The highest BCUT2D eigenvalue weighted by atomic mass is 16.2. The molecule has 0 radical (unpaired) electrons. The lowest BCUT2D eigenvalue weighted by molar-refractivity contribution is -0.121. The van der Waals surface area contributed by atoms with Crippen molar-refractivity contribution in [3.05, 3.63) is 84.2 Å². The number of ketones is 1. The number of Topliss-reactive ketones (excluding diaryl/α,β-unsaturated/α-hetero) is 1. The maximum absolute atomic E-state index is 13.4. The van der Waals surface area contributed by atoms with Crippen molar-refractivity contribution in [1.82, 2.24) is 14.9 Å². The van der Waals surface area contributed by atoms with Gasteiger partial charge in [0.15, 0.2) is 5.78 Å². The monoisotopic (exact) mass is 415 g/mol. The topological polar surface area (TPSA) is 78.4 Å². The van der Waals surface area contributed by atoms with Crippen molar-refractivity contribution >= 4 is 23.3 Å². The molecule has 2 aromatic carbocycles. The Balaban J connectivity index is 1.52. The van der Waals surface area contributed by atoms with Crippen LogP contribution in [0, 0.1) is 0 Å². The molecule has 7 heteroatoms. The lowest BCUT2D eigenvalue weighted by Crippen LogP contribution is -2.50. The number of rotatable bonds is 6. The minimum atomic E-state index is -0.430. The van der Waals surface area contributed by atoms with Crippen molar-refractivity contribution in [3.63, 3.8) is 0 Å². The van der Waals surface area contributed by atoms with E-state index in [1.165, 1.54) is 6.92 Å². The number of nitrogens with one attached hydrogen (secondary N) is 1. The minimum Gasteiger partial charge on any atom is -0.338 e. The Morgan fingerprint density at radius 3 is 2.29 bits per heavy atom. The Morgan fingerprint density at radius 2 is 1.61 bits per heavy atom. The first-order chi connectivity index (χ1) is 15.1. The van der Waals surface area contributed by atoms with Crippen LogP contribution in [0.4, 0.5) is 11.6 Å². The quantitative estimate of drug-likeness (QED) is 0.623. The SMILES string of the molecule is CC(=O)c1cccc(NC(=O)C(c2ccccc2)N2CCN(c3ncccn3)CC2)c1. The molecule has 1 atom stereocenters. The second kappa shape index (κ2) is 9.49. The minimum absolute atomic E-state index is 0.0324. The zero-order valence-corrected chi connectivity index (χ0v) is 17.4. The molecule has 0 aliphatic carbocycles. The van der Waals surface area contributed by atoms with E-state index in [-0.39, 0.29) is 11.7 Å². The van der Waals surface area contributed by atoms with E-state index in [4.69, 9.17) is 0 Å². The second-order valence-corrected chi connectivity index (χ2v) is 7.51. The summed E-state index contributed by atoms with van der Waals surface area (Å²) in [6.45, 7) is 4.40. The van der Waals surface area contributed by atoms with E-state index in [1.54, 1.807) is 42.7 Å². The van der Waals surface area contributed by atoms with E-state index in [9.17, 15) is 9.59 Å². The molecular weight excluding hydrogens is 390 g/mol. The third kappa shape index (κ3) is 4.95. The van der Waals surface area contributed by atoms with Crippen LogP contribution in [0.1, 0.15) is 28.9 Å². The molecule has 1 amide bonds. The summed E-state index contributed by atoms with van der Waals surface area (Å²) < 4.78 is 0. The number of nitrogens with zero attached hydrogens (tertiary/aromatic N) is 4. The number of carbonyl (C=O) groups is 2. The summed E-state index contributed by atoms with van der Waals surface area (Å²) in [7, 11) is 0. The van der Waals surface area contributed by atoms with E-state index in [2.05, 4.69) is 25.1 Å². The standard InChI is InChI=1S/C24H25N5O2/c1-18(30)20-9-5-10-21(17-20)27-23(31)22(19-7-3-2-4-8-19)28-13-15-29(16-14-28)24-25-11-6-12-26-24/h2-12,17,22H,13-16H2,1H3,(H,27,31). The van der Waals surface area contributed by atoms with Gasteiger partial charge in [-0.05, 0) is 30.7 Å². The predicted molar refractivity (Wildman–Crippen MR) is 120 cm³/mol. The highest BCUT2D eigenvalue weighted by Crippen LogP contribution is 2.25. The first-order valence-electron chi connectivity index (χ1n) is 10.3. The van der Waals surface area contributed by atoms with Gasteiger partial charge in [0.2, 0.25) is 11.9 Å². The molecule has 0 bridgehead atoms. The highest BCUT2D eigenvalue weighted by Gasteiger charge is 2.31. The van der Waals surface area contributed by atoms with E-state index >= 15 is 0 Å². The van der Waals surface area contributed by atoms with Crippen LogP contribution in [0.5, 0.6) is 0 Å². The van der Waals surface area contributed by atoms with Crippen molar-refractivity contribution < 1.29 is 9.59 Å². The van der Waals surface area contributed by atoms with Gasteiger partial charge >= 0.3 is 0 Å². The Morgan fingerprint density at radius 1 is 0.903 bits per heavy atom. The van der Waals surface area contributed by atoms with E-state index in [0.717, 1.165) is 18.7 Å². The molecule has 1 fully saturated rings. The molecule has 0 spiro atoms.